The Morgan fingerprint density at radius 1 is 1.53 bits per heavy atom. The van der Waals surface area contributed by atoms with E-state index >= 15 is 0 Å². The SMILES string of the molecule is CC(O)C1CC(NCC(F)F)CN(c2ccsc2)C1. The Labute approximate surface area is 116 Å². The molecule has 19 heavy (non-hydrogen) atoms. The van der Waals surface area contributed by atoms with Crippen LogP contribution in [-0.4, -0.2) is 43.3 Å². The maximum absolute atomic E-state index is 12.3. The summed E-state index contributed by atoms with van der Waals surface area (Å²) >= 11 is 1.62. The number of thiophene rings is 1. The summed E-state index contributed by atoms with van der Waals surface area (Å²) in [6.45, 7) is 2.98. The van der Waals surface area contributed by atoms with Crippen molar-refractivity contribution >= 4 is 17.0 Å². The number of piperidine rings is 1. The standard InChI is InChI=1S/C13H20F2N2OS/c1-9(18)10-4-11(16-5-13(14)15)7-17(6-10)12-2-3-19-8-12/h2-3,8-11,13,16,18H,4-7H2,1H3. The van der Waals surface area contributed by atoms with Gasteiger partial charge in [0.1, 0.15) is 0 Å². The summed E-state index contributed by atoms with van der Waals surface area (Å²) in [5, 5.41) is 16.7. The Morgan fingerprint density at radius 2 is 2.32 bits per heavy atom. The van der Waals surface area contributed by atoms with Crippen LogP contribution in [0.2, 0.25) is 0 Å². The van der Waals surface area contributed by atoms with Crippen molar-refractivity contribution in [2.24, 2.45) is 5.92 Å². The molecule has 0 aromatic carbocycles. The fourth-order valence-electron chi connectivity index (χ4n) is 2.54. The van der Waals surface area contributed by atoms with Crippen LogP contribution in [0.5, 0.6) is 0 Å². The molecule has 108 valence electrons. The van der Waals surface area contributed by atoms with Gasteiger partial charge in [-0.2, -0.15) is 11.3 Å². The highest BCUT2D eigenvalue weighted by Crippen LogP contribution is 2.27. The van der Waals surface area contributed by atoms with Crippen LogP contribution < -0.4 is 10.2 Å². The number of nitrogens with one attached hydrogen (secondary N) is 1. The van der Waals surface area contributed by atoms with Crippen LogP contribution in [0, 0.1) is 5.92 Å². The second-order valence-electron chi connectivity index (χ2n) is 5.12. The molecule has 2 heterocycles. The van der Waals surface area contributed by atoms with Crippen molar-refractivity contribution in [2.45, 2.75) is 31.9 Å². The zero-order valence-corrected chi connectivity index (χ0v) is 11.7. The number of nitrogens with zero attached hydrogens (tertiary/aromatic N) is 1. The number of aliphatic hydroxyl groups excluding tert-OH is 1. The summed E-state index contributed by atoms with van der Waals surface area (Å²) in [5.74, 6) is 0.115. The first-order chi connectivity index (χ1) is 9.06. The summed E-state index contributed by atoms with van der Waals surface area (Å²) in [4.78, 5) is 2.17. The van der Waals surface area contributed by atoms with Gasteiger partial charge in [-0.15, -0.1) is 0 Å². The van der Waals surface area contributed by atoms with E-state index in [-0.39, 0.29) is 18.5 Å². The Hall–Kier alpha value is -0.720. The summed E-state index contributed by atoms with van der Waals surface area (Å²) in [5.41, 5.74) is 1.11. The predicted molar refractivity (Wildman–Crippen MR) is 74.1 cm³/mol. The quantitative estimate of drug-likeness (QED) is 0.872. The maximum Gasteiger partial charge on any atom is 0.250 e. The average Bonchev–Trinajstić information content (AvgIpc) is 2.89. The van der Waals surface area contributed by atoms with E-state index in [2.05, 4.69) is 15.6 Å². The van der Waals surface area contributed by atoms with Crippen LogP contribution in [0.1, 0.15) is 13.3 Å². The molecule has 3 atom stereocenters. The van der Waals surface area contributed by atoms with Gasteiger partial charge in [0, 0.05) is 36.1 Å². The molecular formula is C13H20F2N2OS. The van der Waals surface area contributed by atoms with Gasteiger partial charge in [0.05, 0.1) is 12.6 Å². The van der Waals surface area contributed by atoms with Crippen molar-refractivity contribution in [1.82, 2.24) is 5.32 Å². The van der Waals surface area contributed by atoms with E-state index in [4.69, 9.17) is 0 Å². The molecule has 0 bridgehead atoms. The van der Waals surface area contributed by atoms with Crippen LogP contribution >= 0.6 is 11.3 Å². The molecule has 1 aliphatic heterocycles. The van der Waals surface area contributed by atoms with Crippen LogP contribution in [0.3, 0.4) is 0 Å². The molecule has 0 saturated carbocycles. The number of anilines is 1. The lowest BCUT2D eigenvalue weighted by atomic mass is 9.90. The van der Waals surface area contributed by atoms with E-state index in [1.165, 1.54) is 0 Å². The average molecular weight is 290 g/mol. The van der Waals surface area contributed by atoms with E-state index < -0.39 is 12.5 Å². The maximum atomic E-state index is 12.3. The molecule has 0 radical (unpaired) electrons. The van der Waals surface area contributed by atoms with E-state index in [9.17, 15) is 13.9 Å². The highest BCUT2D eigenvalue weighted by Gasteiger charge is 2.30. The first kappa shape index (κ1) is 14.7. The van der Waals surface area contributed by atoms with Gasteiger partial charge in [0.15, 0.2) is 0 Å². The molecule has 0 amide bonds. The summed E-state index contributed by atoms with van der Waals surface area (Å²) in [6.07, 6.45) is -2.01. The van der Waals surface area contributed by atoms with E-state index in [1.807, 2.05) is 11.4 Å². The number of hydrogen-bond donors (Lipinski definition) is 2. The molecule has 6 heteroatoms. The van der Waals surface area contributed by atoms with Crippen LogP contribution in [0.15, 0.2) is 16.8 Å². The smallest absolute Gasteiger partial charge is 0.250 e. The monoisotopic (exact) mass is 290 g/mol. The van der Waals surface area contributed by atoms with Gasteiger partial charge in [-0.05, 0) is 24.8 Å². The van der Waals surface area contributed by atoms with Gasteiger partial charge in [-0.25, -0.2) is 8.78 Å². The number of alkyl halides is 2. The first-order valence-electron chi connectivity index (χ1n) is 6.53. The number of hydrogen-bond acceptors (Lipinski definition) is 4. The molecule has 3 nitrogen and oxygen atoms in total. The molecular weight excluding hydrogens is 270 g/mol. The third-order valence-corrected chi connectivity index (χ3v) is 4.27. The van der Waals surface area contributed by atoms with Gasteiger partial charge in [-0.3, -0.25) is 0 Å². The third-order valence-electron chi connectivity index (χ3n) is 3.60. The van der Waals surface area contributed by atoms with E-state index in [0.29, 0.717) is 6.54 Å². The van der Waals surface area contributed by atoms with Crippen molar-refractivity contribution < 1.29 is 13.9 Å². The summed E-state index contributed by atoms with van der Waals surface area (Å²) in [6, 6.07) is 2.03. The van der Waals surface area contributed by atoms with Crippen LogP contribution in [0.4, 0.5) is 14.5 Å². The molecule has 1 aliphatic rings. The topological polar surface area (TPSA) is 35.5 Å². The molecule has 1 saturated heterocycles. The van der Waals surface area contributed by atoms with Crippen molar-refractivity contribution in [2.75, 3.05) is 24.5 Å². The van der Waals surface area contributed by atoms with Crippen molar-refractivity contribution in [3.05, 3.63) is 16.8 Å². The van der Waals surface area contributed by atoms with E-state index in [0.717, 1.165) is 18.7 Å². The van der Waals surface area contributed by atoms with Gasteiger partial charge in [-0.1, -0.05) is 0 Å². The lowest BCUT2D eigenvalue weighted by molar-refractivity contribution is 0.0983. The zero-order valence-electron chi connectivity index (χ0n) is 10.9. The second kappa shape index (κ2) is 6.63. The van der Waals surface area contributed by atoms with Gasteiger partial charge in [0.2, 0.25) is 0 Å². The molecule has 1 aromatic rings. The molecule has 0 spiro atoms. The highest BCUT2D eigenvalue weighted by atomic mass is 32.1. The van der Waals surface area contributed by atoms with Gasteiger partial charge >= 0.3 is 0 Å². The van der Waals surface area contributed by atoms with Crippen molar-refractivity contribution in [3.8, 4) is 0 Å². The first-order valence-corrected chi connectivity index (χ1v) is 7.47. The summed E-state index contributed by atoms with van der Waals surface area (Å²) in [7, 11) is 0. The highest BCUT2D eigenvalue weighted by molar-refractivity contribution is 7.08. The lowest BCUT2D eigenvalue weighted by Crippen LogP contribution is -2.52. The van der Waals surface area contributed by atoms with E-state index in [1.54, 1.807) is 18.3 Å². The normalized spacial score (nSPS) is 25.8. The molecule has 2 rings (SSSR count). The minimum absolute atomic E-state index is 0.00208. The second-order valence-corrected chi connectivity index (χ2v) is 5.90. The van der Waals surface area contributed by atoms with Crippen LogP contribution in [0.25, 0.3) is 0 Å². The Morgan fingerprint density at radius 3 is 2.89 bits per heavy atom. The summed E-state index contributed by atoms with van der Waals surface area (Å²) < 4.78 is 24.6. The Kier molecular flexibility index (Phi) is 5.13. The van der Waals surface area contributed by atoms with Gasteiger partial charge in [0.25, 0.3) is 6.43 Å². The number of halogens is 2. The van der Waals surface area contributed by atoms with Crippen molar-refractivity contribution in [3.63, 3.8) is 0 Å². The number of rotatable bonds is 5. The molecule has 3 unspecified atom stereocenters. The molecule has 1 aromatic heterocycles. The Bertz CT molecular complexity index is 373. The number of aliphatic hydroxyl groups is 1. The van der Waals surface area contributed by atoms with Crippen molar-refractivity contribution in [1.29, 1.82) is 0 Å². The lowest BCUT2D eigenvalue weighted by Gasteiger charge is -2.40. The van der Waals surface area contributed by atoms with Gasteiger partial charge < -0.3 is 15.3 Å². The fraction of sp³-hybridized carbons (Fsp3) is 0.692. The molecule has 1 fully saturated rings. The fourth-order valence-corrected chi connectivity index (χ4v) is 3.20. The molecule has 0 aliphatic carbocycles. The zero-order chi connectivity index (χ0) is 13.8. The van der Waals surface area contributed by atoms with Crippen LogP contribution in [-0.2, 0) is 0 Å². The predicted octanol–water partition coefficient (Wildman–Crippen LogP) is 2.18. The molecule has 2 N–H and O–H groups in total. The minimum atomic E-state index is -2.33. The Balaban J connectivity index is 2.00. The third kappa shape index (κ3) is 4.12. The minimum Gasteiger partial charge on any atom is -0.393 e. The largest absolute Gasteiger partial charge is 0.393 e.